The molecule has 0 saturated carbocycles. The van der Waals surface area contributed by atoms with Crippen LogP contribution in [0, 0.1) is 0 Å². The van der Waals surface area contributed by atoms with Gasteiger partial charge in [0.05, 0.1) is 21.8 Å². The highest BCUT2D eigenvalue weighted by Crippen LogP contribution is 2.29. The van der Waals surface area contributed by atoms with E-state index in [-0.39, 0.29) is 5.02 Å². The van der Waals surface area contributed by atoms with Crippen LogP contribution in [0.5, 0.6) is 0 Å². The molecule has 7 heteroatoms. The van der Waals surface area contributed by atoms with E-state index < -0.39 is 23.8 Å². The molecule has 0 radical (unpaired) electrons. The molecule has 1 atom stereocenters. The molecule has 0 spiro atoms. The average molecular weight is 405 g/mol. The van der Waals surface area contributed by atoms with Crippen molar-refractivity contribution in [3.8, 4) is 0 Å². The van der Waals surface area contributed by atoms with Crippen molar-refractivity contribution in [2.75, 3.05) is 5.32 Å². The average Bonchev–Trinajstić information content (AvgIpc) is 2.90. The van der Waals surface area contributed by atoms with Gasteiger partial charge >= 0.3 is 0 Å². The van der Waals surface area contributed by atoms with Crippen LogP contribution < -0.4 is 5.32 Å². The van der Waals surface area contributed by atoms with Crippen molar-refractivity contribution >= 4 is 46.6 Å². The van der Waals surface area contributed by atoms with Gasteiger partial charge in [0.1, 0.15) is 6.04 Å². The van der Waals surface area contributed by atoms with Crippen LogP contribution in [-0.4, -0.2) is 28.7 Å². The Balaban J connectivity index is 1.89. The zero-order chi connectivity index (χ0) is 19.6. The van der Waals surface area contributed by atoms with Crippen molar-refractivity contribution in [3.63, 3.8) is 0 Å². The zero-order valence-corrected chi connectivity index (χ0v) is 16.2. The molecule has 0 aromatic heterocycles. The first-order valence-electron chi connectivity index (χ1n) is 8.67. The van der Waals surface area contributed by atoms with Gasteiger partial charge in [-0.2, -0.15) is 0 Å². The van der Waals surface area contributed by atoms with Crippen LogP contribution in [0.15, 0.2) is 42.5 Å². The fourth-order valence-corrected chi connectivity index (χ4v) is 3.53. The van der Waals surface area contributed by atoms with Gasteiger partial charge in [-0.25, -0.2) is 0 Å². The number of halogens is 2. The number of fused-ring (bicyclic) bond motifs is 1. The predicted octanol–water partition coefficient (Wildman–Crippen LogP) is 4.79. The lowest BCUT2D eigenvalue weighted by atomic mass is 10.1. The van der Waals surface area contributed by atoms with Gasteiger partial charge in [-0.1, -0.05) is 55.1 Å². The second-order valence-corrected chi connectivity index (χ2v) is 7.14. The van der Waals surface area contributed by atoms with Gasteiger partial charge in [0, 0.05) is 5.02 Å². The van der Waals surface area contributed by atoms with Crippen LogP contribution in [0.4, 0.5) is 5.69 Å². The van der Waals surface area contributed by atoms with Crippen molar-refractivity contribution in [2.45, 2.75) is 32.2 Å². The number of rotatable bonds is 6. The Morgan fingerprint density at radius 2 is 1.70 bits per heavy atom. The van der Waals surface area contributed by atoms with Crippen molar-refractivity contribution in [1.29, 1.82) is 0 Å². The lowest BCUT2D eigenvalue weighted by molar-refractivity contribution is -0.120. The molecule has 1 aliphatic heterocycles. The van der Waals surface area contributed by atoms with Gasteiger partial charge in [-0.15, -0.1) is 0 Å². The second-order valence-electron chi connectivity index (χ2n) is 6.30. The van der Waals surface area contributed by atoms with E-state index in [9.17, 15) is 14.4 Å². The third-order valence-electron chi connectivity index (χ3n) is 4.46. The SMILES string of the molecule is CCCC[C@@H](C(=O)Nc1ccc(Cl)cc1Cl)N1C(=O)c2ccccc2C1=O. The molecule has 27 heavy (non-hydrogen) atoms. The summed E-state index contributed by atoms with van der Waals surface area (Å²) in [5.74, 6) is -1.36. The van der Waals surface area contributed by atoms with E-state index in [1.807, 2.05) is 6.92 Å². The molecule has 140 valence electrons. The summed E-state index contributed by atoms with van der Waals surface area (Å²) < 4.78 is 0. The molecule has 2 aromatic carbocycles. The largest absolute Gasteiger partial charge is 0.323 e. The molecule has 1 heterocycles. The molecule has 0 fully saturated rings. The molecular formula is C20H18Cl2N2O3. The maximum atomic E-state index is 12.9. The zero-order valence-electron chi connectivity index (χ0n) is 14.7. The number of hydrogen-bond donors (Lipinski definition) is 1. The highest BCUT2D eigenvalue weighted by atomic mass is 35.5. The first-order valence-corrected chi connectivity index (χ1v) is 9.42. The Kier molecular flexibility index (Phi) is 5.82. The minimum absolute atomic E-state index is 0.285. The summed E-state index contributed by atoms with van der Waals surface area (Å²) in [6, 6.07) is 10.4. The fourth-order valence-electron chi connectivity index (χ4n) is 3.07. The number of amides is 3. The van der Waals surface area contributed by atoms with Gasteiger partial charge in [0.25, 0.3) is 11.8 Å². The highest BCUT2D eigenvalue weighted by Gasteiger charge is 2.42. The van der Waals surface area contributed by atoms with E-state index >= 15 is 0 Å². The second kappa shape index (κ2) is 8.11. The molecule has 1 N–H and O–H groups in total. The van der Waals surface area contributed by atoms with Crippen LogP contribution in [0.2, 0.25) is 10.0 Å². The first kappa shape index (κ1) is 19.4. The van der Waals surface area contributed by atoms with Crippen molar-refractivity contribution in [1.82, 2.24) is 4.90 Å². The number of carbonyl (C=O) groups is 3. The number of carbonyl (C=O) groups excluding carboxylic acids is 3. The summed E-state index contributed by atoms with van der Waals surface area (Å²) in [4.78, 5) is 39.5. The van der Waals surface area contributed by atoms with Crippen LogP contribution in [0.1, 0.15) is 46.9 Å². The Morgan fingerprint density at radius 3 is 2.26 bits per heavy atom. The number of benzene rings is 2. The lowest BCUT2D eigenvalue weighted by Gasteiger charge is -2.25. The molecule has 5 nitrogen and oxygen atoms in total. The Bertz CT molecular complexity index is 879. The summed E-state index contributed by atoms with van der Waals surface area (Å²) in [6.45, 7) is 1.98. The number of nitrogens with one attached hydrogen (secondary N) is 1. The smallest absolute Gasteiger partial charge is 0.262 e. The van der Waals surface area contributed by atoms with E-state index in [4.69, 9.17) is 23.2 Å². The van der Waals surface area contributed by atoms with Crippen LogP contribution in [0.25, 0.3) is 0 Å². The van der Waals surface area contributed by atoms with E-state index in [0.717, 1.165) is 11.3 Å². The molecular weight excluding hydrogens is 387 g/mol. The maximum absolute atomic E-state index is 12.9. The quantitative estimate of drug-likeness (QED) is 0.703. The summed E-state index contributed by atoms with van der Waals surface area (Å²) >= 11 is 12.0. The number of anilines is 1. The normalized spacial score (nSPS) is 14.3. The lowest BCUT2D eigenvalue weighted by Crippen LogP contribution is -2.47. The third kappa shape index (κ3) is 3.84. The maximum Gasteiger partial charge on any atom is 0.262 e. The summed E-state index contributed by atoms with van der Waals surface area (Å²) in [5.41, 5.74) is 1.02. The van der Waals surface area contributed by atoms with Crippen molar-refractivity contribution in [2.24, 2.45) is 0 Å². The summed E-state index contributed by atoms with van der Waals surface area (Å²) in [7, 11) is 0. The molecule has 2 aromatic rings. The van der Waals surface area contributed by atoms with Gasteiger partial charge < -0.3 is 5.32 Å². The topological polar surface area (TPSA) is 66.5 Å². The van der Waals surface area contributed by atoms with Gasteiger partial charge in [-0.3, -0.25) is 19.3 Å². The number of nitrogens with zero attached hydrogens (tertiary/aromatic N) is 1. The molecule has 0 bridgehead atoms. The monoisotopic (exact) mass is 404 g/mol. The van der Waals surface area contributed by atoms with Crippen molar-refractivity contribution in [3.05, 3.63) is 63.6 Å². The van der Waals surface area contributed by atoms with E-state index in [2.05, 4.69) is 5.32 Å². The fraction of sp³-hybridized carbons (Fsp3) is 0.250. The molecule has 3 amide bonds. The minimum atomic E-state index is -0.913. The summed E-state index contributed by atoms with van der Waals surface area (Å²) in [5, 5.41) is 3.45. The van der Waals surface area contributed by atoms with E-state index in [1.165, 1.54) is 6.07 Å². The third-order valence-corrected chi connectivity index (χ3v) is 5.01. The number of imide groups is 1. The highest BCUT2D eigenvalue weighted by molar-refractivity contribution is 6.36. The Morgan fingerprint density at radius 1 is 1.07 bits per heavy atom. The molecule has 3 rings (SSSR count). The van der Waals surface area contributed by atoms with E-state index in [1.54, 1.807) is 36.4 Å². The van der Waals surface area contributed by atoms with E-state index in [0.29, 0.717) is 34.7 Å². The molecule has 0 aliphatic carbocycles. The van der Waals surface area contributed by atoms with Gasteiger partial charge in [0.2, 0.25) is 5.91 Å². The van der Waals surface area contributed by atoms with Gasteiger partial charge in [-0.05, 0) is 36.8 Å². The molecule has 0 saturated heterocycles. The van der Waals surface area contributed by atoms with Crippen LogP contribution in [-0.2, 0) is 4.79 Å². The standard InChI is InChI=1S/C20H18Cl2N2O3/c1-2-3-8-17(18(25)23-16-10-9-12(21)11-15(16)22)24-19(26)13-6-4-5-7-14(13)20(24)27/h4-7,9-11,17H,2-3,8H2,1H3,(H,23,25)/t17-/m0/s1. The van der Waals surface area contributed by atoms with Crippen LogP contribution in [0.3, 0.4) is 0 Å². The van der Waals surface area contributed by atoms with Gasteiger partial charge in [0.15, 0.2) is 0 Å². The predicted molar refractivity (Wildman–Crippen MR) is 105 cm³/mol. The van der Waals surface area contributed by atoms with Crippen LogP contribution >= 0.6 is 23.2 Å². The first-order chi connectivity index (χ1) is 12.9. The minimum Gasteiger partial charge on any atom is -0.323 e. The Hall–Kier alpha value is -2.37. The summed E-state index contributed by atoms with van der Waals surface area (Å²) in [6.07, 6.45) is 1.90. The molecule has 1 aliphatic rings. The Labute approximate surface area is 167 Å². The number of unbranched alkanes of at least 4 members (excludes halogenated alkanes) is 1. The molecule has 0 unspecified atom stereocenters. The number of hydrogen-bond acceptors (Lipinski definition) is 3. The van der Waals surface area contributed by atoms with Crippen molar-refractivity contribution < 1.29 is 14.4 Å².